The molecule has 0 N–H and O–H groups in total. The van der Waals surface area contributed by atoms with Gasteiger partial charge in [-0.3, -0.25) is 0 Å². The van der Waals surface area contributed by atoms with Crippen LogP contribution in [0.2, 0.25) is 0 Å². The van der Waals surface area contributed by atoms with Gasteiger partial charge in [-0.25, -0.2) is 0 Å². The Bertz CT molecular complexity index is 1700. The van der Waals surface area contributed by atoms with E-state index in [0.29, 0.717) is 0 Å². The second-order valence-corrected chi connectivity index (χ2v) is 9.44. The molecular weight excluding hydrogens is 420 g/mol. The Kier molecular flexibility index (Phi) is 5.85. The summed E-state index contributed by atoms with van der Waals surface area (Å²) in [6.45, 7) is 12.8. The van der Waals surface area contributed by atoms with E-state index in [2.05, 4.69) is 111 Å². The third-order valence-corrected chi connectivity index (χ3v) is 7.36. The molecule has 0 radical (unpaired) electrons. The topological polar surface area (TPSA) is 0 Å². The normalized spacial score (nSPS) is 13.1. The molecule has 0 bridgehead atoms. The minimum Gasteiger partial charge on any atom is -0.0683 e. The van der Waals surface area contributed by atoms with E-state index in [0.717, 1.165) is 0 Å². The molecular formula is C35H34. The summed E-state index contributed by atoms with van der Waals surface area (Å²) in [5.41, 5.74) is 5.63. The molecule has 6 aromatic carbocycles. The van der Waals surface area contributed by atoms with Gasteiger partial charge in [0.25, 0.3) is 0 Å². The molecule has 0 aromatic heterocycles. The molecule has 0 nitrogen and oxygen atoms in total. The van der Waals surface area contributed by atoms with Crippen LogP contribution in [0.4, 0.5) is 0 Å². The molecule has 0 fully saturated rings. The monoisotopic (exact) mass is 454 g/mol. The van der Waals surface area contributed by atoms with E-state index >= 15 is 0 Å². The highest BCUT2D eigenvalue weighted by molar-refractivity contribution is 6.11. The van der Waals surface area contributed by atoms with Crippen LogP contribution >= 0.6 is 0 Å². The average molecular weight is 455 g/mol. The Labute approximate surface area is 209 Å². The highest BCUT2D eigenvalue weighted by Crippen LogP contribution is 2.53. The molecule has 0 atom stereocenters. The Morgan fingerprint density at radius 2 is 1.00 bits per heavy atom. The third-order valence-electron chi connectivity index (χ3n) is 7.36. The first kappa shape index (κ1) is 23.1. The van der Waals surface area contributed by atoms with Gasteiger partial charge in [-0.15, -0.1) is 0 Å². The lowest BCUT2D eigenvalue weighted by Gasteiger charge is -2.24. The molecule has 0 unspecified atom stereocenters. The maximum absolute atomic E-state index is 2.46. The van der Waals surface area contributed by atoms with Crippen LogP contribution in [0.15, 0.2) is 97.1 Å². The van der Waals surface area contributed by atoms with Crippen molar-refractivity contribution < 1.29 is 0 Å². The summed E-state index contributed by atoms with van der Waals surface area (Å²) >= 11 is 0. The van der Waals surface area contributed by atoms with E-state index in [4.69, 9.17) is 0 Å². The van der Waals surface area contributed by atoms with Crippen molar-refractivity contribution in [2.75, 3.05) is 0 Å². The van der Waals surface area contributed by atoms with Crippen LogP contribution in [0, 0.1) is 0 Å². The van der Waals surface area contributed by atoms with Crippen LogP contribution in [0.1, 0.15) is 52.7 Å². The van der Waals surface area contributed by atoms with E-state index in [-0.39, 0.29) is 5.41 Å². The summed E-state index contributed by atoms with van der Waals surface area (Å²) in [5, 5.41) is 10.6. The van der Waals surface area contributed by atoms with Crippen LogP contribution in [-0.4, -0.2) is 0 Å². The molecule has 174 valence electrons. The molecule has 0 heterocycles. The molecule has 35 heavy (non-hydrogen) atoms. The van der Waals surface area contributed by atoms with Gasteiger partial charge in [0.15, 0.2) is 0 Å². The van der Waals surface area contributed by atoms with Crippen molar-refractivity contribution in [3.05, 3.63) is 108 Å². The molecule has 6 aromatic rings. The van der Waals surface area contributed by atoms with Crippen molar-refractivity contribution in [3.63, 3.8) is 0 Å². The molecule has 1 aliphatic carbocycles. The first-order chi connectivity index (χ1) is 17.1. The molecule has 0 amide bonds. The van der Waals surface area contributed by atoms with Gasteiger partial charge in [0.1, 0.15) is 0 Å². The largest absolute Gasteiger partial charge is 0.0683 e. The number of fused-ring (bicyclic) bond motifs is 9. The lowest BCUT2D eigenvalue weighted by Crippen LogP contribution is -2.15. The van der Waals surface area contributed by atoms with Gasteiger partial charge in [0, 0.05) is 5.41 Å². The fraction of sp³-hybridized carbons (Fsp3) is 0.200. The number of benzene rings is 6. The number of rotatable bonds is 0. The third kappa shape index (κ3) is 3.43. The molecule has 0 heteroatoms. The van der Waals surface area contributed by atoms with Gasteiger partial charge in [0.05, 0.1) is 0 Å². The van der Waals surface area contributed by atoms with E-state index in [1.165, 1.54) is 65.3 Å². The minimum absolute atomic E-state index is 0.0439. The van der Waals surface area contributed by atoms with Crippen LogP contribution in [0.3, 0.4) is 0 Å². The second kappa shape index (κ2) is 8.86. The van der Waals surface area contributed by atoms with E-state index in [1.54, 1.807) is 0 Å². The molecule has 0 saturated heterocycles. The zero-order valence-electron chi connectivity index (χ0n) is 21.7. The van der Waals surface area contributed by atoms with E-state index in [1.807, 2.05) is 27.7 Å². The number of hydrogen-bond donors (Lipinski definition) is 0. The summed E-state index contributed by atoms with van der Waals surface area (Å²) in [6, 6.07) is 36.2. The van der Waals surface area contributed by atoms with Crippen molar-refractivity contribution in [3.8, 4) is 11.1 Å². The summed E-state index contributed by atoms with van der Waals surface area (Å²) in [6.07, 6.45) is 0. The quantitative estimate of drug-likeness (QED) is 0.158. The average Bonchev–Trinajstić information content (AvgIpc) is 3.14. The first-order valence-corrected chi connectivity index (χ1v) is 13.0. The van der Waals surface area contributed by atoms with Gasteiger partial charge < -0.3 is 0 Å². The fourth-order valence-electron chi connectivity index (χ4n) is 5.84. The molecule has 1 aliphatic rings. The molecule has 7 rings (SSSR count). The van der Waals surface area contributed by atoms with Gasteiger partial charge in [-0.2, -0.15) is 0 Å². The van der Waals surface area contributed by atoms with Crippen LogP contribution in [0.25, 0.3) is 54.2 Å². The van der Waals surface area contributed by atoms with Gasteiger partial charge in [-0.05, 0) is 89.6 Å². The Hall–Kier alpha value is -3.64. The van der Waals surface area contributed by atoms with Gasteiger partial charge in [-0.1, -0.05) is 114 Å². The van der Waals surface area contributed by atoms with Crippen molar-refractivity contribution in [1.82, 2.24) is 0 Å². The minimum atomic E-state index is -0.0439. The second-order valence-electron chi connectivity index (χ2n) is 9.44. The molecule has 0 spiro atoms. The highest BCUT2D eigenvalue weighted by atomic mass is 14.4. The summed E-state index contributed by atoms with van der Waals surface area (Å²) in [4.78, 5) is 0. The van der Waals surface area contributed by atoms with Crippen LogP contribution in [-0.2, 0) is 5.41 Å². The summed E-state index contributed by atoms with van der Waals surface area (Å²) in [5.74, 6) is 0. The Balaban J connectivity index is 0.000000605. The first-order valence-electron chi connectivity index (χ1n) is 13.0. The predicted octanol–water partition coefficient (Wildman–Crippen LogP) is 10.7. The van der Waals surface area contributed by atoms with Gasteiger partial charge in [0.2, 0.25) is 0 Å². The zero-order chi connectivity index (χ0) is 24.7. The van der Waals surface area contributed by atoms with Crippen molar-refractivity contribution in [2.45, 2.75) is 47.0 Å². The SMILES string of the molecule is CC.CC.CC1(C)c2cc3c(ccc4ccccc43)cc2-c2ccc3cc4ccccc4cc3c21. The zero-order valence-corrected chi connectivity index (χ0v) is 21.7. The fourth-order valence-corrected chi connectivity index (χ4v) is 5.84. The van der Waals surface area contributed by atoms with Crippen molar-refractivity contribution >= 4 is 43.1 Å². The Morgan fingerprint density at radius 3 is 1.74 bits per heavy atom. The van der Waals surface area contributed by atoms with Crippen LogP contribution < -0.4 is 0 Å². The maximum Gasteiger partial charge on any atom is 0.0165 e. The smallest absolute Gasteiger partial charge is 0.0165 e. The standard InChI is InChI=1S/C31H22.2C2H6/c1-31(2)29-18-26-23(12-11-19-7-5-6-10-24(19)26)17-28(29)25-14-13-22-15-20-8-3-4-9-21(20)16-27(22)30(25)31;2*1-2/h3-18H,1-2H3;2*1-2H3. The Morgan fingerprint density at radius 1 is 0.429 bits per heavy atom. The van der Waals surface area contributed by atoms with E-state index < -0.39 is 0 Å². The maximum atomic E-state index is 2.46. The van der Waals surface area contributed by atoms with E-state index in [9.17, 15) is 0 Å². The van der Waals surface area contributed by atoms with Crippen molar-refractivity contribution in [2.24, 2.45) is 0 Å². The number of hydrogen-bond acceptors (Lipinski definition) is 0. The lowest BCUT2D eigenvalue weighted by molar-refractivity contribution is 0.667. The molecule has 0 saturated carbocycles. The van der Waals surface area contributed by atoms with Gasteiger partial charge >= 0.3 is 0 Å². The van der Waals surface area contributed by atoms with Crippen molar-refractivity contribution in [1.29, 1.82) is 0 Å². The van der Waals surface area contributed by atoms with Crippen LogP contribution in [0.5, 0.6) is 0 Å². The summed E-state index contributed by atoms with van der Waals surface area (Å²) in [7, 11) is 0. The highest BCUT2D eigenvalue weighted by Gasteiger charge is 2.37. The lowest BCUT2D eigenvalue weighted by atomic mass is 9.79. The summed E-state index contributed by atoms with van der Waals surface area (Å²) < 4.78 is 0. The predicted molar refractivity (Wildman–Crippen MR) is 157 cm³/mol. The molecule has 0 aliphatic heterocycles.